The maximum atomic E-state index is 11.9. The third-order valence-electron chi connectivity index (χ3n) is 0.982. The molecular weight excluding hydrogens is 282 g/mol. The van der Waals surface area contributed by atoms with Gasteiger partial charge in [0.25, 0.3) is 0 Å². The first-order valence-corrected chi connectivity index (χ1v) is 5.62. The molecule has 0 saturated carbocycles. The number of halogens is 6. The Morgan fingerprint density at radius 2 is 1.00 bits per heavy atom. The first-order valence-electron chi connectivity index (χ1n) is 2.74. The van der Waals surface area contributed by atoms with E-state index < -0.39 is 32.8 Å². The van der Waals surface area contributed by atoms with E-state index in [4.69, 9.17) is 9.11 Å². The molecule has 1 aliphatic heterocycles. The molecule has 0 aliphatic carbocycles. The van der Waals surface area contributed by atoms with Gasteiger partial charge in [0.2, 0.25) is 21.7 Å². The summed E-state index contributed by atoms with van der Waals surface area (Å²) in [6, 6.07) is 0. The molecule has 5 nitrogen and oxygen atoms in total. The molecule has 0 aromatic rings. The van der Waals surface area contributed by atoms with E-state index in [0.29, 0.717) is 0 Å². The maximum Gasteiger partial charge on any atom is 0.497 e. The fourth-order valence-electron chi connectivity index (χ4n) is 0.377. The highest BCUT2D eigenvalue weighted by Crippen LogP contribution is 2.80. The number of alkyl halides is 6. The lowest BCUT2D eigenvalue weighted by molar-refractivity contribution is -0.136. The van der Waals surface area contributed by atoms with Crippen LogP contribution in [0.2, 0.25) is 0 Å². The van der Waals surface area contributed by atoms with Crippen LogP contribution in [0, 0.1) is 0 Å². The van der Waals surface area contributed by atoms with Crippen LogP contribution in [0.1, 0.15) is 0 Å². The summed E-state index contributed by atoms with van der Waals surface area (Å²) in [5, 5.41) is 0. The van der Waals surface area contributed by atoms with Crippen LogP contribution in [0.3, 0.4) is 0 Å². The topological polar surface area (TPSA) is 68.2 Å². The van der Waals surface area contributed by atoms with Gasteiger partial charge in [-0.2, -0.15) is 30.0 Å². The van der Waals surface area contributed by atoms with Crippen molar-refractivity contribution >= 4 is 21.7 Å². The number of rotatable bonds is 0. The predicted molar refractivity (Wildman–Crippen MR) is 35.8 cm³/mol. The van der Waals surface area contributed by atoms with Gasteiger partial charge in [-0.3, -0.25) is 9.11 Å². The van der Waals surface area contributed by atoms with Crippen LogP contribution in [-0.4, -0.2) is 20.1 Å². The Labute approximate surface area is 81.3 Å². The molecule has 0 aromatic carbocycles. The smallest absolute Gasteiger partial charge is 0.299 e. The second-order valence-corrected chi connectivity index (χ2v) is 5.69. The lowest BCUT2D eigenvalue weighted by Gasteiger charge is -2.27. The van der Waals surface area contributed by atoms with E-state index in [-0.39, 0.29) is 0 Å². The molecule has 1 rings (SSSR count). The van der Waals surface area contributed by atoms with Crippen molar-refractivity contribution in [3.63, 3.8) is 0 Å². The molecule has 0 bridgehead atoms. The molecule has 94 valence electrons. The summed E-state index contributed by atoms with van der Waals surface area (Å²) in [4.78, 5) is 0. The van der Waals surface area contributed by atoms with Gasteiger partial charge >= 0.3 is 11.0 Å². The summed E-state index contributed by atoms with van der Waals surface area (Å²) in [7, 11) is -11.1. The average molecular weight is 284 g/mol. The predicted octanol–water partition coefficient (Wildman–Crippen LogP) is 3.22. The SMILES string of the molecule is OS1(C(F)(F)F)OOS(O)(C(F)(F)F)O1. The zero-order chi connectivity index (χ0) is 12.1. The van der Waals surface area contributed by atoms with Crippen molar-refractivity contribution in [3.8, 4) is 0 Å². The molecule has 2 unspecified atom stereocenters. The van der Waals surface area contributed by atoms with Crippen molar-refractivity contribution in [2.75, 3.05) is 0 Å². The highest BCUT2D eigenvalue weighted by Gasteiger charge is 2.70. The van der Waals surface area contributed by atoms with Gasteiger partial charge in [-0.15, -0.1) is 8.67 Å². The van der Waals surface area contributed by atoms with E-state index in [0.717, 1.165) is 0 Å². The Balaban J connectivity index is 2.93. The quantitative estimate of drug-likeness (QED) is 0.528. The summed E-state index contributed by atoms with van der Waals surface area (Å²) in [6.45, 7) is 0. The summed E-state index contributed by atoms with van der Waals surface area (Å²) < 4.78 is 97.2. The standard InChI is InChI=1S/C2H2F6O5S2/c3-1(4,5)14(9)11-12-15(10,13-14)2(6,7)8/h9-10H. The molecule has 0 spiro atoms. The minimum Gasteiger partial charge on any atom is -0.299 e. The monoisotopic (exact) mass is 284 g/mol. The molecule has 13 heteroatoms. The molecule has 0 radical (unpaired) electrons. The van der Waals surface area contributed by atoms with Crippen LogP contribution >= 0.6 is 21.7 Å². The normalized spacial score (nSPS) is 46.9. The van der Waals surface area contributed by atoms with Gasteiger partial charge in [0.05, 0.1) is 0 Å². The van der Waals surface area contributed by atoms with Gasteiger partial charge in [0.15, 0.2) is 0 Å². The Hall–Kier alpha value is 0.0800. The van der Waals surface area contributed by atoms with E-state index in [1.807, 2.05) is 0 Å². The van der Waals surface area contributed by atoms with E-state index in [2.05, 4.69) is 12.3 Å². The van der Waals surface area contributed by atoms with Crippen molar-refractivity contribution in [2.45, 2.75) is 11.0 Å². The minimum absolute atomic E-state index is 3.01. The van der Waals surface area contributed by atoms with Crippen molar-refractivity contribution in [1.82, 2.24) is 0 Å². The molecule has 1 fully saturated rings. The molecule has 1 heterocycles. The Bertz CT molecular complexity index is 239. The third kappa shape index (κ3) is 2.13. The van der Waals surface area contributed by atoms with E-state index in [9.17, 15) is 26.3 Å². The zero-order valence-electron chi connectivity index (χ0n) is 6.20. The molecule has 1 aliphatic rings. The van der Waals surface area contributed by atoms with Gasteiger partial charge in [-0.25, -0.2) is 0 Å². The highest BCUT2D eigenvalue weighted by molar-refractivity contribution is 8.35. The molecule has 0 aromatic heterocycles. The lowest BCUT2D eigenvalue weighted by atomic mass is 11.6. The molecule has 1 saturated heterocycles. The second kappa shape index (κ2) is 3.28. The van der Waals surface area contributed by atoms with Crippen molar-refractivity contribution in [3.05, 3.63) is 0 Å². The van der Waals surface area contributed by atoms with Crippen molar-refractivity contribution < 1.29 is 47.7 Å². The summed E-state index contributed by atoms with van der Waals surface area (Å²) in [5.41, 5.74) is -11.3. The van der Waals surface area contributed by atoms with Crippen LogP contribution in [0.5, 0.6) is 0 Å². The van der Waals surface area contributed by atoms with Gasteiger partial charge in [-0.1, -0.05) is 0 Å². The van der Waals surface area contributed by atoms with Gasteiger partial charge in [-0.05, 0) is 0 Å². The van der Waals surface area contributed by atoms with Gasteiger partial charge in [0, 0.05) is 0 Å². The molecule has 0 amide bonds. The number of hydrogen-bond donors (Lipinski definition) is 2. The van der Waals surface area contributed by atoms with Crippen LogP contribution in [0.4, 0.5) is 26.3 Å². The Morgan fingerprint density at radius 3 is 1.13 bits per heavy atom. The summed E-state index contributed by atoms with van der Waals surface area (Å²) in [6.07, 6.45) is 0. The van der Waals surface area contributed by atoms with Gasteiger partial charge < -0.3 is 0 Å². The van der Waals surface area contributed by atoms with Crippen LogP contribution in [-0.2, 0) is 12.3 Å². The van der Waals surface area contributed by atoms with Crippen molar-refractivity contribution in [1.29, 1.82) is 0 Å². The largest absolute Gasteiger partial charge is 0.497 e. The molecule has 2 atom stereocenters. The van der Waals surface area contributed by atoms with Gasteiger partial charge in [0.1, 0.15) is 0 Å². The fourth-order valence-corrected chi connectivity index (χ4v) is 2.93. The van der Waals surface area contributed by atoms with Crippen LogP contribution in [0.25, 0.3) is 0 Å². The summed E-state index contributed by atoms with van der Waals surface area (Å²) >= 11 is 0. The Morgan fingerprint density at radius 1 is 0.733 bits per heavy atom. The third-order valence-corrected chi connectivity index (χ3v) is 4.22. The Kier molecular flexibility index (Phi) is 2.88. The second-order valence-electron chi connectivity index (χ2n) is 2.05. The first kappa shape index (κ1) is 13.1. The first-order chi connectivity index (χ1) is 6.41. The number of hydrogen-bond acceptors (Lipinski definition) is 5. The lowest BCUT2D eigenvalue weighted by Crippen LogP contribution is -2.23. The van der Waals surface area contributed by atoms with E-state index in [1.54, 1.807) is 0 Å². The minimum atomic E-state index is -5.63. The molecule has 2 N–H and O–H groups in total. The fraction of sp³-hybridized carbons (Fsp3) is 1.00. The van der Waals surface area contributed by atoms with Crippen molar-refractivity contribution in [2.24, 2.45) is 0 Å². The van der Waals surface area contributed by atoms with E-state index in [1.165, 1.54) is 0 Å². The van der Waals surface area contributed by atoms with Crippen LogP contribution in [0.15, 0.2) is 0 Å². The molecular formula is C2H2F6O5S2. The van der Waals surface area contributed by atoms with Crippen LogP contribution < -0.4 is 0 Å². The van der Waals surface area contributed by atoms with E-state index >= 15 is 0 Å². The highest BCUT2D eigenvalue weighted by atomic mass is 32.4. The summed E-state index contributed by atoms with van der Waals surface area (Å²) in [5.74, 6) is 0. The molecule has 15 heavy (non-hydrogen) atoms. The average Bonchev–Trinajstić information content (AvgIpc) is 2.26. The maximum absolute atomic E-state index is 11.9. The zero-order valence-corrected chi connectivity index (χ0v) is 7.84.